The molecule has 8 nitrogen and oxygen atoms in total. The van der Waals surface area contributed by atoms with E-state index in [2.05, 4.69) is 15.5 Å². The monoisotopic (exact) mass is 415 g/mol. The van der Waals surface area contributed by atoms with Crippen molar-refractivity contribution in [2.75, 3.05) is 12.1 Å². The van der Waals surface area contributed by atoms with Gasteiger partial charge in [0.25, 0.3) is 0 Å². The molecule has 2 aromatic heterocycles. The van der Waals surface area contributed by atoms with Crippen LogP contribution < -0.4 is 14.8 Å². The van der Waals surface area contributed by atoms with Crippen LogP contribution in [0.15, 0.2) is 75.9 Å². The summed E-state index contributed by atoms with van der Waals surface area (Å²) in [5.41, 5.74) is 2.35. The number of carbonyl (C=O) groups excluding carboxylic acids is 1. The summed E-state index contributed by atoms with van der Waals surface area (Å²) in [6.07, 6.45) is 5.10. The Morgan fingerprint density at radius 2 is 1.97 bits per heavy atom. The first-order chi connectivity index (χ1) is 15.2. The Balaban J connectivity index is 1.27. The fourth-order valence-corrected chi connectivity index (χ4v) is 3.15. The van der Waals surface area contributed by atoms with Crippen molar-refractivity contribution in [3.05, 3.63) is 84.0 Å². The SMILES string of the molecule is O=C(/C=C/c1ccc2c(c1)OCO2)Nc1ccccc1Cc1nc(-c2ccco2)no1. The van der Waals surface area contributed by atoms with Gasteiger partial charge in [-0.15, -0.1) is 0 Å². The molecule has 0 atom stereocenters. The van der Waals surface area contributed by atoms with Crippen molar-refractivity contribution in [2.24, 2.45) is 0 Å². The molecule has 31 heavy (non-hydrogen) atoms. The molecule has 5 rings (SSSR count). The number of nitrogens with zero attached hydrogens (tertiary/aromatic N) is 2. The van der Waals surface area contributed by atoms with Gasteiger partial charge in [0.1, 0.15) is 0 Å². The summed E-state index contributed by atoms with van der Waals surface area (Å²) in [6, 6.07) is 16.5. The van der Waals surface area contributed by atoms with E-state index in [4.69, 9.17) is 18.4 Å². The lowest BCUT2D eigenvalue weighted by Crippen LogP contribution is -2.10. The highest BCUT2D eigenvalue weighted by Crippen LogP contribution is 2.32. The molecule has 1 aliphatic heterocycles. The number of fused-ring (bicyclic) bond motifs is 1. The molecule has 0 saturated carbocycles. The van der Waals surface area contributed by atoms with Crippen LogP contribution in [-0.2, 0) is 11.2 Å². The number of nitrogens with one attached hydrogen (secondary N) is 1. The Morgan fingerprint density at radius 3 is 2.87 bits per heavy atom. The summed E-state index contributed by atoms with van der Waals surface area (Å²) in [5, 5.41) is 6.83. The number of aromatic nitrogens is 2. The van der Waals surface area contributed by atoms with E-state index < -0.39 is 0 Å². The van der Waals surface area contributed by atoms with Gasteiger partial charge in [0, 0.05) is 11.8 Å². The highest BCUT2D eigenvalue weighted by Gasteiger charge is 2.14. The molecule has 0 aliphatic carbocycles. The molecule has 1 N–H and O–H groups in total. The summed E-state index contributed by atoms with van der Waals surface area (Å²) in [5.74, 6) is 2.45. The van der Waals surface area contributed by atoms with Crippen molar-refractivity contribution in [3.8, 4) is 23.1 Å². The van der Waals surface area contributed by atoms with Gasteiger partial charge in [-0.2, -0.15) is 4.98 Å². The van der Waals surface area contributed by atoms with Crippen LogP contribution in [0, 0.1) is 0 Å². The third kappa shape index (κ3) is 4.18. The molecule has 0 fully saturated rings. The molecule has 154 valence electrons. The highest BCUT2D eigenvalue weighted by molar-refractivity contribution is 6.02. The first-order valence-electron chi connectivity index (χ1n) is 9.58. The number of para-hydroxylation sites is 1. The van der Waals surface area contributed by atoms with Crippen molar-refractivity contribution < 1.29 is 23.2 Å². The zero-order valence-corrected chi connectivity index (χ0v) is 16.3. The third-order valence-electron chi connectivity index (χ3n) is 4.65. The summed E-state index contributed by atoms with van der Waals surface area (Å²) >= 11 is 0. The van der Waals surface area contributed by atoms with Crippen LogP contribution in [0.2, 0.25) is 0 Å². The first-order valence-corrected chi connectivity index (χ1v) is 9.58. The van der Waals surface area contributed by atoms with Gasteiger partial charge in [0.05, 0.1) is 12.7 Å². The lowest BCUT2D eigenvalue weighted by Gasteiger charge is -2.08. The maximum atomic E-state index is 12.5. The van der Waals surface area contributed by atoms with E-state index in [9.17, 15) is 4.79 Å². The Kier molecular flexibility index (Phi) is 4.94. The number of carbonyl (C=O) groups is 1. The van der Waals surface area contributed by atoms with Crippen molar-refractivity contribution >= 4 is 17.7 Å². The molecule has 1 amide bonds. The van der Waals surface area contributed by atoms with Crippen molar-refractivity contribution in [3.63, 3.8) is 0 Å². The maximum absolute atomic E-state index is 12.5. The lowest BCUT2D eigenvalue weighted by molar-refractivity contribution is -0.111. The van der Waals surface area contributed by atoms with E-state index in [-0.39, 0.29) is 12.7 Å². The third-order valence-corrected chi connectivity index (χ3v) is 4.65. The molecule has 0 saturated heterocycles. The minimum absolute atomic E-state index is 0.211. The molecule has 0 bridgehead atoms. The lowest BCUT2D eigenvalue weighted by atomic mass is 10.1. The fraction of sp³-hybridized carbons (Fsp3) is 0.0870. The second-order valence-corrected chi connectivity index (χ2v) is 6.76. The van der Waals surface area contributed by atoms with Crippen molar-refractivity contribution in [1.82, 2.24) is 10.1 Å². The van der Waals surface area contributed by atoms with Crippen LogP contribution in [0.4, 0.5) is 5.69 Å². The van der Waals surface area contributed by atoms with Gasteiger partial charge < -0.3 is 23.7 Å². The number of rotatable bonds is 6. The van der Waals surface area contributed by atoms with Gasteiger partial charge >= 0.3 is 0 Å². The van der Waals surface area contributed by atoms with E-state index in [1.807, 2.05) is 42.5 Å². The molecule has 0 radical (unpaired) electrons. The number of amides is 1. The Hall–Kier alpha value is -4.33. The van der Waals surface area contributed by atoms with Crippen LogP contribution in [0.3, 0.4) is 0 Å². The molecule has 2 aromatic carbocycles. The summed E-state index contributed by atoms with van der Waals surface area (Å²) in [4.78, 5) is 16.8. The van der Waals surface area contributed by atoms with Gasteiger partial charge in [-0.3, -0.25) is 4.79 Å². The summed E-state index contributed by atoms with van der Waals surface area (Å²) in [7, 11) is 0. The van der Waals surface area contributed by atoms with Crippen LogP contribution in [0.1, 0.15) is 17.0 Å². The van der Waals surface area contributed by atoms with Crippen LogP contribution in [0.5, 0.6) is 11.5 Å². The first kappa shape index (κ1) is 18.7. The number of hydrogen-bond donors (Lipinski definition) is 1. The average Bonchev–Trinajstić information content (AvgIpc) is 3.54. The van der Waals surface area contributed by atoms with Gasteiger partial charge in [0.15, 0.2) is 17.3 Å². The minimum atomic E-state index is -0.257. The quantitative estimate of drug-likeness (QED) is 0.469. The summed E-state index contributed by atoms with van der Waals surface area (Å²) < 4.78 is 21.3. The van der Waals surface area contributed by atoms with Gasteiger partial charge in [-0.25, -0.2) is 0 Å². The zero-order valence-electron chi connectivity index (χ0n) is 16.3. The summed E-state index contributed by atoms with van der Waals surface area (Å²) in [6.45, 7) is 0.211. The predicted octanol–water partition coefficient (Wildman–Crippen LogP) is 4.30. The normalized spacial score (nSPS) is 12.4. The fourth-order valence-electron chi connectivity index (χ4n) is 3.15. The molecular weight excluding hydrogens is 398 g/mol. The molecule has 8 heteroatoms. The largest absolute Gasteiger partial charge is 0.461 e. The number of furan rings is 1. The predicted molar refractivity (Wildman–Crippen MR) is 111 cm³/mol. The Morgan fingerprint density at radius 1 is 1.06 bits per heavy atom. The smallest absolute Gasteiger partial charge is 0.248 e. The molecule has 4 aromatic rings. The second-order valence-electron chi connectivity index (χ2n) is 6.76. The number of hydrogen-bond acceptors (Lipinski definition) is 7. The van der Waals surface area contributed by atoms with Crippen LogP contribution >= 0.6 is 0 Å². The van der Waals surface area contributed by atoms with E-state index in [1.165, 1.54) is 6.08 Å². The number of anilines is 1. The van der Waals surface area contributed by atoms with Gasteiger partial charge in [-0.1, -0.05) is 29.4 Å². The van der Waals surface area contributed by atoms with Gasteiger partial charge in [-0.05, 0) is 47.5 Å². The molecule has 0 spiro atoms. The Bertz CT molecular complexity index is 1240. The molecule has 1 aliphatic rings. The van der Waals surface area contributed by atoms with Crippen LogP contribution in [-0.4, -0.2) is 22.8 Å². The molecule has 3 heterocycles. The van der Waals surface area contributed by atoms with Crippen molar-refractivity contribution in [1.29, 1.82) is 0 Å². The maximum Gasteiger partial charge on any atom is 0.248 e. The Labute approximate surface area is 177 Å². The van der Waals surface area contributed by atoms with E-state index in [0.29, 0.717) is 41.1 Å². The highest BCUT2D eigenvalue weighted by atomic mass is 16.7. The van der Waals surface area contributed by atoms with E-state index in [0.717, 1.165) is 11.1 Å². The van der Waals surface area contributed by atoms with Crippen molar-refractivity contribution in [2.45, 2.75) is 6.42 Å². The topological polar surface area (TPSA) is 99.6 Å². The molecular formula is C23H17N3O5. The van der Waals surface area contributed by atoms with E-state index in [1.54, 1.807) is 24.5 Å². The standard InChI is InChI=1S/C23H17N3O5/c27-21(10-8-15-7-9-18-20(12-15)30-14-29-18)24-17-5-2-1-4-16(17)13-22-25-23(26-31-22)19-6-3-11-28-19/h1-12H,13-14H2,(H,24,27)/b10-8+. The number of ether oxygens (including phenoxy) is 2. The zero-order chi connectivity index (χ0) is 21.0. The minimum Gasteiger partial charge on any atom is -0.461 e. The second kappa shape index (κ2) is 8.19. The molecule has 0 unspecified atom stereocenters. The average molecular weight is 415 g/mol. The van der Waals surface area contributed by atoms with E-state index >= 15 is 0 Å². The number of benzene rings is 2. The van der Waals surface area contributed by atoms with Gasteiger partial charge in [0.2, 0.25) is 24.4 Å². The van der Waals surface area contributed by atoms with Crippen LogP contribution in [0.25, 0.3) is 17.7 Å².